The summed E-state index contributed by atoms with van der Waals surface area (Å²) in [6, 6.07) is -0.145. The smallest absolute Gasteiger partial charge is 0.314 e. The van der Waals surface area contributed by atoms with E-state index >= 15 is 0 Å². The monoisotopic (exact) mass is 309 g/mol. The molecule has 5 nitrogen and oxygen atoms in total. The third kappa shape index (κ3) is 4.14. The fourth-order valence-corrected chi connectivity index (χ4v) is 4.03. The van der Waals surface area contributed by atoms with Crippen molar-refractivity contribution in [2.75, 3.05) is 13.1 Å². The number of carbonyl (C=O) groups excluding carboxylic acids is 2. The van der Waals surface area contributed by atoms with Crippen molar-refractivity contribution in [3.63, 3.8) is 0 Å². The molecule has 2 aliphatic rings. The molecule has 1 saturated carbocycles. The highest BCUT2D eigenvalue weighted by molar-refractivity contribution is 5.80. The standard InChI is InChI=1S/C17H31N3O2/c1-17(2,3)13-8-4-5-9-14(13)19-15(21)12-7-6-10-20(11-12)16(18)22/h12-14H,4-11H2,1-3H3,(H2,18,22)(H,19,21)/t12-,13-,14-/m1/s1. The van der Waals surface area contributed by atoms with Gasteiger partial charge in [0.25, 0.3) is 0 Å². The second-order valence-electron chi connectivity index (χ2n) is 8.00. The third-order valence-corrected chi connectivity index (χ3v) is 5.31. The maximum Gasteiger partial charge on any atom is 0.314 e. The number of hydrogen-bond donors (Lipinski definition) is 2. The van der Waals surface area contributed by atoms with Gasteiger partial charge in [0.1, 0.15) is 0 Å². The number of primary amides is 1. The van der Waals surface area contributed by atoms with E-state index in [0.29, 0.717) is 19.0 Å². The molecule has 0 unspecified atom stereocenters. The first-order chi connectivity index (χ1) is 10.3. The Labute approximate surface area is 134 Å². The van der Waals surface area contributed by atoms with Crippen molar-refractivity contribution in [1.82, 2.24) is 10.2 Å². The fourth-order valence-electron chi connectivity index (χ4n) is 4.03. The van der Waals surface area contributed by atoms with Gasteiger partial charge in [-0.2, -0.15) is 0 Å². The van der Waals surface area contributed by atoms with E-state index in [9.17, 15) is 9.59 Å². The molecule has 1 heterocycles. The van der Waals surface area contributed by atoms with Gasteiger partial charge in [0.15, 0.2) is 0 Å². The topological polar surface area (TPSA) is 75.4 Å². The van der Waals surface area contributed by atoms with E-state index in [1.807, 2.05) is 0 Å². The molecule has 3 N–H and O–H groups in total. The minimum atomic E-state index is -0.414. The lowest BCUT2D eigenvalue weighted by molar-refractivity contribution is -0.128. The zero-order valence-electron chi connectivity index (χ0n) is 14.2. The number of nitrogens with zero attached hydrogens (tertiary/aromatic N) is 1. The van der Waals surface area contributed by atoms with Crippen LogP contribution < -0.4 is 11.1 Å². The molecule has 0 spiro atoms. The van der Waals surface area contributed by atoms with E-state index in [2.05, 4.69) is 26.1 Å². The Morgan fingerprint density at radius 3 is 2.41 bits per heavy atom. The van der Waals surface area contributed by atoms with Gasteiger partial charge in [-0.3, -0.25) is 4.79 Å². The normalized spacial score (nSPS) is 30.0. The van der Waals surface area contributed by atoms with Gasteiger partial charge in [0, 0.05) is 19.1 Å². The summed E-state index contributed by atoms with van der Waals surface area (Å²) in [7, 11) is 0. The molecule has 2 fully saturated rings. The molecule has 0 aromatic rings. The molecule has 1 saturated heterocycles. The number of nitrogens with one attached hydrogen (secondary N) is 1. The first kappa shape index (κ1) is 17.1. The Kier molecular flexibility index (Phi) is 5.35. The highest BCUT2D eigenvalue weighted by Crippen LogP contribution is 2.38. The lowest BCUT2D eigenvalue weighted by Gasteiger charge is -2.41. The summed E-state index contributed by atoms with van der Waals surface area (Å²) in [6.07, 6.45) is 6.41. The number of urea groups is 1. The Bertz CT molecular complexity index is 417. The predicted octanol–water partition coefficient (Wildman–Crippen LogP) is 2.50. The molecule has 1 aliphatic carbocycles. The molecule has 3 amide bonds. The second-order valence-corrected chi connectivity index (χ2v) is 8.00. The largest absolute Gasteiger partial charge is 0.353 e. The van der Waals surface area contributed by atoms with Gasteiger partial charge < -0.3 is 16.0 Å². The third-order valence-electron chi connectivity index (χ3n) is 5.31. The summed E-state index contributed by atoms with van der Waals surface area (Å²) in [4.78, 5) is 25.5. The highest BCUT2D eigenvalue weighted by Gasteiger charge is 2.36. The minimum absolute atomic E-state index is 0.104. The number of amides is 3. The maximum atomic E-state index is 12.6. The molecule has 3 atom stereocenters. The van der Waals surface area contributed by atoms with Crippen LogP contribution in [0.25, 0.3) is 0 Å². The van der Waals surface area contributed by atoms with Crippen molar-refractivity contribution >= 4 is 11.9 Å². The van der Waals surface area contributed by atoms with E-state index in [-0.39, 0.29) is 23.3 Å². The molecule has 22 heavy (non-hydrogen) atoms. The number of hydrogen-bond acceptors (Lipinski definition) is 2. The van der Waals surface area contributed by atoms with E-state index in [1.165, 1.54) is 19.3 Å². The van der Waals surface area contributed by atoms with Gasteiger partial charge in [-0.15, -0.1) is 0 Å². The van der Waals surface area contributed by atoms with Crippen molar-refractivity contribution in [2.45, 2.75) is 65.3 Å². The van der Waals surface area contributed by atoms with Gasteiger partial charge in [0.2, 0.25) is 5.91 Å². The lowest BCUT2D eigenvalue weighted by atomic mass is 9.69. The van der Waals surface area contributed by atoms with Gasteiger partial charge in [-0.1, -0.05) is 33.6 Å². The summed E-state index contributed by atoms with van der Waals surface area (Å²) in [5, 5.41) is 3.29. The summed E-state index contributed by atoms with van der Waals surface area (Å²) in [5.74, 6) is 0.525. The summed E-state index contributed by atoms with van der Waals surface area (Å²) < 4.78 is 0. The molecular formula is C17H31N3O2. The van der Waals surface area contributed by atoms with Crippen LogP contribution in [-0.4, -0.2) is 36.0 Å². The van der Waals surface area contributed by atoms with E-state index in [0.717, 1.165) is 19.3 Å². The zero-order valence-corrected chi connectivity index (χ0v) is 14.2. The first-order valence-electron chi connectivity index (χ1n) is 8.64. The average molecular weight is 309 g/mol. The van der Waals surface area contributed by atoms with Crippen LogP contribution in [0.5, 0.6) is 0 Å². The van der Waals surface area contributed by atoms with Gasteiger partial charge >= 0.3 is 6.03 Å². The number of rotatable bonds is 2. The van der Waals surface area contributed by atoms with Crippen LogP contribution in [-0.2, 0) is 4.79 Å². The molecular weight excluding hydrogens is 278 g/mol. The molecule has 2 rings (SSSR count). The van der Waals surface area contributed by atoms with Crippen LogP contribution in [0.15, 0.2) is 0 Å². The first-order valence-corrected chi connectivity index (χ1v) is 8.64. The van der Waals surface area contributed by atoms with Gasteiger partial charge in [0.05, 0.1) is 5.92 Å². The molecule has 0 aromatic carbocycles. The molecule has 0 radical (unpaired) electrons. The van der Waals surface area contributed by atoms with Crippen molar-refractivity contribution in [3.8, 4) is 0 Å². The van der Waals surface area contributed by atoms with Crippen molar-refractivity contribution in [1.29, 1.82) is 0 Å². The number of carbonyl (C=O) groups is 2. The van der Waals surface area contributed by atoms with Crippen molar-refractivity contribution in [3.05, 3.63) is 0 Å². The lowest BCUT2D eigenvalue weighted by Crippen LogP contribution is -2.52. The van der Waals surface area contributed by atoms with Crippen molar-refractivity contribution < 1.29 is 9.59 Å². The summed E-state index contributed by atoms with van der Waals surface area (Å²) >= 11 is 0. The fraction of sp³-hybridized carbons (Fsp3) is 0.882. The van der Waals surface area contributed by atoms with Gasteiger partial charge in [-0.25, -0.2) is 4.79 Å². The second kappa shape index (κ2) is 6.88. The Balaban J connectivity index is 1.96. The predicted molar refractivity (Wildman–Crippen MR) is 87.2 cm³/mol. The van der Waals surface area contributed by atoms with Crippen LogP contribution in [0.3, 0.4) is 0 Å². The molecule has 1 aliphatic heterocycles. The van der Waals surface area contributed by atoms with Crippen LogP contribution in [0.2, 0.25) is 0 Å². The van der Waals surface area contributed by atoms with Gasteiger partial charge in [-0.05, 0) is 37.0 Å². The Morgan fingerprint density at radius 1 is 1.09 bits per heavy atom. The van der Waals surface area contributed by atoms with Crippen LogP contribution in [0.1, 0.15) is 59.3 Å². The van der Waals surface area contributed by atoms with E-state index in [1.54, 1.807) is 4.90 Å². The quantitative estimate of drug-likeness (QED) is 0.822. The number of piperidine rings is 1. The number of nitrogens with two attached hydrogens (primary N) is 1. The maximum absolute atomic E-state index is 12.6. The van der Waals surface area contributed by atoms with Crippen LogP contribution in [0.4, 0.5) is 4.79 Å². The van der Waals surface area contributed by atoms with Crippen LogP contribution >= 0.6 is 0 Å². The Morgan fingerprint density at radius 2 is 1.77 bits per heavy atom. The molecule has 0 aromatic heterocycles. The molecule has 5 heteroatoms. The average Bonchev–Trinajstić information content (AvgIpc) is 2.46. The highest BCUT2D eigenvalue weighted by atomic mass is 16.2. The summed E-state index contributed by atoms with van der Waals surface area (Å²) in [5.41, 5.74) is 5.56. The van der Waals surface area contributed by atoms with Crippen molar-refractivity contribution in [2.24, 2.45) is 23.0 Å². The number of likely N-dealkylation sites (tertiary alicyclic amines) is 1. The summed E-state index contributed by atoms with van der Waals surface area (Å²) in [6.45, 7) is 7.92. The minimum Gasteiger partial charge on any atom is -0.353 e. The molecule has 0 bridgehead atoms. The SMILES string of the molecule is CC(C)(C)[C@@H]1CCCC[C@H]1NC(=O)[C@@H]1CCCN(C(N)=O)C1. The molecule has 126 valence electrons. The Hall–Kier alpha value is -1.26. The zero-order chi connectivity index (χ0) is 16.3. The van der Waals surface area contributed by atoms with Crippen LogP contribution in [0, 0.1) is 17.3 Å². The van der Waals surface area contributed by atoms with E-state index in [4.69, 9.17) is 5.73 Å². The van der Waals surface area contributed by atoms with E-state index < -0.39 is 6.03 Å².